The summed E-state index contributed by atoms with van der Waals surface area (Å²) in [7, 11) is -3.79. The van der Waals surface area contributed by atoms with Gasteiger partial charge in [0.1, 0.15) is 4.90 Å². The Bertz CT molecular complexity index is 904. The lowest BCUT2D eigenvalue weighted by atomic mass is 9.98. The summed E-state index contributed by atoms with van der Waals surface area (Å²) in [5.41, 5.74) is 0.648. The van der Waals surface area contributed by atoms with Gasteiger partial charge in [0.25, 0.3) is 0 Å². The molecule has 0 aliphatic carbocycles. The Balaban J connectivity index is 1.64. The number of rotatable bonds is 3. The molecule has 0 N–H and O–H groups in total. The number of aryl methyl sites for hydroxylation is 1. The number of halogens is 2. The third kappa shape index (κ3) is 3.09. The predicted octanol–water partition coefficient (Wildman–Crippen LogP) is 3.13. The van der Waals surface area contributed by atoms with Crippen LogP contribution < -0.4 is 0 Å². The third-order valence-corrected chi connectivity index (χ3v) is 8.74. The quantitative estimate of drug-likeness (QED) is 0.690. The van der Waals surface area contributed by atoms with Crippen LogP contribution in [0.15, 0.2) is 17.0 Å². The number of carbonyl (C=O) groups excluding carboxylic acids is 2. The van der Waals surface area contributed by atoms with E-state index in [9.17, 15) is 18.0 Å². The summed E-state index contributed by atoms with van der Waals surface area (Å²) in [5, 5.41) is 0.531. The Morgan fingerprint density at radius 2 is 1.48 bits per heavy atom. The van der Waals surface area contributed by atoms with Gasteiger partial charge in [-0.3, -0.25) is 14.5 Å². The molecule has 0 radical (unpaired) electrons. The van der Waals surface area contributed by atoms with Crippen molar-refractivity contribution in [2.45, 2.75) is 68.5 Å². The molecule has 2 bridgehead atoms. The second-order valence-electron chi connectivity index (χ2n) is 7.53. The lowest BCUT2D eigenvalue weighted by Gasteiger charge is -2.40. The predicted molar refractivity (Wildman–Crippen MR) is 101 cm³/mol. The number of hydrogen-bond donors (Lipinski definition) is 0. The largest absolute Gasteiger partial charge is 0.279 e. The fraction of sp³-hybridized carbons (Fsp3) is 0.556. The smallest absolute Gasteiger partial charge is 0.245 e. The average molecular weight is 431 g/mol. The molecule has 3 fully saturated rings. The lowest BCUT2D eigenvalue weighted by Crippen LogP contribution is -2.53. The molecule has 0 aromatic heterocycles. The summed E-state index contributed by atoms with van der Waals surface area (Å²) < 4.78 is 28.2. The number of sulfonamides is 1. The molecule has 27 heavy (non-hydrogen) atoms. The highest BCUT2D eigenvalue weighted by Gasteiger charge is 2.50. The number of amides is 2. The third-order valence-electron chi connectivity index (χ3n) is 5.87. The number of nitrogens with zero attached hydrogens (tertiary/aromatic N) is 2. The van der Waals surface area contributed by atoms with E-state index in [1.807, 2.05) is 0 Å². The van der Waals surface area contributed by atoms with Gasteiger partial charge in [-0.2, -0.15) is 4.31 Å². The van der Waals surface area contributed by atoms with Gasteiger partial charge in [0.05, 0.1) is 5.02 Å². The van der Waals surface area contributed by atoms with Gasteiger partial charge in [-0.15, -0.1) is 0 Å². The summed E-state index contributed by atoms with van der Waals surface area (Å²) in [4.78, 5) is 25.6. The minimum atomic E-state index is -3.79. The molecule has 4 rings (SSSR count). The van der Waals surface area contributed by atoms with E-state index in [0.29, 0.717) is 23.4 Å². The SMILES string of the molecule is Cc1cc(S(=O)(=O)N2C3CCC2CC(N2C(=O)CCC2=O)C3)c(Cl)cc1Cl. The molecule has 2 unspecified atom stereocenters. The van der Waals surface area contributed by atoms with Crippen LogP contribution in [-0.2, 0) is 19.6 Å². The zero-order valence-corrected chi connectivity index (χ0v) is 17.1. The maximum absolute atomic E-state index is 13.3. The lowest BCUT2D eigenvalue weighted by molar-refractivity contribution is -0.142. The Labute approximate surface area is 168 Å². The maximum atomic E-state index is 13.3. The van der Waals surface area contributed by atoms with Crippen molar-refractivity contribution in [1.29, 1.82) is 0 Å². The molecule has 9 heteroatoms. The highest BCUT2D eigenvalue weighted by atomic mass is 35.5. The number of likely N-dealkylation sites (tertiary alicyclic amines) is 1. The number of benzene rings is 1. The van der Waals surface area contributed by atoms with E-state index in [1.54, 1.807) is 11.2 Å². The number of piperidine rings is 1. The van der Waals surface area contributed by atoms with E-state index < -0.39 is 10.0 Å². The van der Waals surface area contributed by atoms with Crippen LogP contribution in [0.2, 0.25) is 10.0 Å². The first-order valence-electron chi connectivity index (χ1n) is 9.04. The van der Waals surface area contributed by atoms with Crippen molar-refractivity contribution >= 4 is 45.0 Å². The van der Waals surface area contributed by atoms with Crippen LogP contribution >= 0.6 is 23.2 Å². The molecule has 1 aromatic carbocycles. The zero-order chi connectivity index (χ0) is 19.5. The first-order chi connectivity index (χ1) is 12.7. The van der Waals surface area contributed by atoms with Crippen molar-refractivity contribution in [2.24, 2.45) is 0 Å². The van der Waals surface area contributed by atoms with Crippen LogP contribution in [0, 0.1) is 6.92 Å². The standard InChI is InChI=1S/C18H20Cl2N2O4S/c1-10-6-16(15(20)9-14(10)19)27(25,26)22-11-2-3-12(22)8-13(7-11)21-17(23)4-5-18(21)24/h6,9,11-13H,2-5,7-8H2,1H3. The highest BCUT2D eigenvalue weighted by molar-refractivity contribution is 7.89. The second-order valence-corrected chi connectivity index (χ2v) is 10.2. The van der Waals surface area contributed by atoms with Gasteiger partial charge >= 0.3 is 0 Å². The number of carbonyl (C=O) groups is 2. The molecular formula is C18H20Cl2N2O4S. The van der Waals surface area contributed by atoms with Crippen LogP contribution in [-0.4, -0.2) is 47.6 Å². The van der Waals surface area contributed by atoms with Gasteiger partial charge in [0, 0.05) is 36.0 Å². The van der Waals surface area contributed by atoms with Gasteiger partial charge in [-0.1, -0.05) is 23.2 Å². The first-order valence-corrected chi connectivity index (χ1v) is 11.2. The van der Waals surface area contributed by atoms with Gasteiger partial charge < -0.3 is 0 Å². The molecule has 1 aromatic rings. The molecule has 3 heterocycles. The minimum absolute atomic E-state index is 0.0646. The van der Waals surface area contributed by atoms with E-state index in [4.69, 9.17) is 23.2 Å². The normalized spacial score (nSPS) is 29.0. The molecular weight excluding hydrogens is 411 g/mol. The van der Waals surface area contributed by atoms with Crippen molar-refractivity contribution in [1.82, 2.24) is 9.21 Å². The summed E-state index contributed by atoms with van der Waals surface area (Å²) >= 11 is 12.3. The monoisotopic (exact) mass is 430 g/mol. The fourth-order valence-electron chi connectivity index (χ4n) is 4.65. The Kier molecular flexibility index (Phi) is 4.78. The molecule has 0 spiro atoms. The first kappa shape index (κ1) is 19.2. The van der Waals surface area contributed by atoms with E-state index in [0.717, 1.165) is 12.8 Å². The van der Waals surface area contributed by atoms with Crippen molar-refractivity contribution in [3.05, 3.63) is 27.7 Å². The number of imide groups is 1. The summed E-state index contributed by atoms with van der Waals surface area (Å²) in [6.07, 6.45) is 2.93. The summed E-state index contributed by atoms with van der Waals surface area (Å²) in [6, 6.07) is 2.30. The summed E-state index contributed by atoms with van der Waals surface area (Å²) in [5.74, 6) is -0.283. The van der Waals surface area contributed by atoms with E-state index in [2.05, 4.69) is 0 Å². The summed E-state index contributed by atoms with van der Waals surface area (Å²) in [6.45, 7) is 1.74. The van der Waals surface area contributed by atoms with Gasteiger partial charge in [0.2, 0.25) is 21.8 Å². The van der Waals surface area contributed by atoms with Crippen LogP contribution in [0.5, 0.6) is 0 Å². The van der Waals surface area contributed by atoms with Crippen LogP contribution in [0.25, 0.3) is 0 Å². The van der Waals surface area contributed by atoms with Gasteiger partial charge in [0.15, 0.2) is 0 Å². The van der Waals surface area contributed by atoms with Crippen molar-refractivity contribution in [2.75, 3.05) is 0 Å². The second kappa shape index (κ2) is 6.72. The minimum Gasteiger partial charge on any atom is -0.279 e. The zero-order valence-electron chi connectivity index (χ0n) is 14.8. The molecule has 3 saturated heterocycles. The molecule has 2 atom stereocenters. The molecule has 146 valence electrons. The molecule has 0 saturated carbocycles. The van der Waals surface area contributed by atoms with E-state index in [-0.39, 0.29) is 52.7 Å². The molecule has 3 aliphatic rings. The van der Waals surface area contributed by atoms with Crippen LogP contribution in [0.3, 0.4) is 0 Å². The average Bonchev–Trinajstić information content (AvgIpc) is 3.07. The van der Waals surface area contributed by atoms with Gasteiger partial charge in [-0.25, -0.2) is 8.42 Å². The molecule has 2 amide bonds. The Hall–Kier alpha value is -1.15. The van der Waals surface area contributed by atoms with Crippen molar-refractivity contribution in [3.63, 3.8) is 0 Å². The fourth-order valence-corrected chi connectivity index (χ4v) is 7.35. The van der Waals surface area contributed by atoms with Crippen LogP contribution in [0.4, 0.5) is 0 Å². The Morgan fingerprint density at radius 1 is 0.926 bits per heavy atom. The van der Waals surface area contributed by atoms with Crippen molar-refractivity contribution in [3.8, 4) is 0 Å². The van der Waals surface area contributed by atoms with Crippen molar-refractivity contribution < 1.29 is 18.0 Å². The molecule has 6 nitrogen and oxygen atoms in total. The topological polar surface area (TPSA) is 74.8 Å². The van der Waals surface area contributed by atoms with Gasteiger partial charge in [-0.05, 0) is 50.3 Å². The maximum Gasteiger partial charge on any atom is 0.245 e. The van der Waals surface area contributed by atoms with E-state index >= 15 is 0 Å². The number of fused-ring (bicyclic) bond motifs is 2. The van der Waals surface area contributed by atoms with Crippen LogP contribution in [0.1, 0.15) is 44.1 Å². The number of hydrogen-bond acceptors (Lipinski definition) is 4. The van der Waals surface area contributed by atoms with E-state index in [1.165, 1.54) is 17.0 Å². The highest BCUT2D eigenvalue weighted by Crippen LogP contribution is 2.43. The Morgan fingerprint density at radius 3 is 2.04 bits per heavy atom. The molecule has 3 aliphatic heterocycles.